The first-order valence-electron chi connectivity index (χ1n) is 11.0. The second-order valence-electron chi connectivity index (χ2n) is 8.48. The Kier molecular flexibility index (Phi) is 5.49. The highest BCUT2D eigenvalue weighted by Crippen LogP contribution is 2.25. The van der Waals surface area contributed by atoms with Crippen molar-refractivity contribution in [3.63, 3.8) is 0 Å². The molecule has 0 saturated heterocycles. The Hall–Kier alpha value is -3.45. The van der Waals surface area contributed by atoms with Gasteiger partial charge in [0.1, 0.15) is 11.2 Å². The highest BCUT2D eigenvalue weighted by molar-refractivity contribution is 5.95. The van der Waals surface area contributed by atoms with Gasteiger partial charge in [-0.25, -0.2) is 4.98 Å². The monoisotopic (exact) mass is 430 g/mol. The maximum atomic E-state index is 12.9. The average molecular weight is 431 g/mol. The third-order valence-electron chi connectivity index (χ3n) is 6.12. The Bertz CT molecular complexity index is 1240. The third kappa shape index (κ3) is 4.16. The lowest BCUT2D eigenvalue weighted by Gasteiger charge is -2.28. The van der Waals surface area contributed by atoms with Crippen LogP contribution in [0.25, 0.3) is 22.4 Å². The van der Waals surface area contributed by atoms with Gasteiger partial charge in [0.05, 0.1) is 24.1 Å². The molecule has 1 aliphatic carbocycles. The predicted octanol–water partition coefficient (Wildman–Crippen LogP) is 3.85. The lowest BCUT2D eigenvalue weighted by Crippen LogP contribution is -2.45. The van der Waals surface area contributed by atoms with Gasteiger partial charge in [0.15, 0.2) is 5.58 Å². The molecule has 1 saturated carbocycles. The quantitative estimate of drug-likeness (QED) is 0.502. The van der Waals surface area contributed by atoms with E-state index < -0.39 is 6.10 Å². The largest absolute Gasteiger partial charge is 0.462 e. The molecule has 1 fully saturated rings. The van der Waals surface area contributed by atoms with Crippen LogP contribution in [-0.2, 0) is 13.5 Å². The van der Waals surface area contributed by atoms with Crippen molar-refractivity contribution in [1.82, 2.24) is 20.1 Å². The van der Waals surface area contributed by atoms with Crippen molar-refractivity contribution in [2.45, 2.75) is 44.2 Å². The number of fused-ring (bicyclic) bond motifs is 1. The first-order chi connectivity index (χ1) is 15.6. The third-order valence-corrected chi connectivity index (χ3v) is 6.12. The summed E-state index contributed by atoms with van der Waals surface area (Å²) < 4.78 is 7.46. The molecular weight excluding hydrogens is 404 g/mol. The standard InChI is InChI=1S/C25H26N4O3/c1-29-12-10-19(28-29)17-8-6-16(7-9-17)14-18-15-22(26-21-11-13-32-24(18)21)25(31)27-20-4-2-3-5-23(20)30/h6-13,15,20,23,30H,2-5,14H2,1H3,(H,27,31)/t20-,23-/m0/s1. The van der Waals surface area contributed by atoms with Crippen molar-refractivity contribution in [3.05, 3.63) is 71.7 Å². The van der Waals surface area contributed by atoms with Gasteiger partial charge in [-0.3, -0.25) is 9.48 Å². The van der Waals surface area contributed by atoms with Gasteiger partial charge in [-0.2, -0.15) is 5.10 Å². The maximum Gasteiger partial charge on any atom is 0.270 e. The molecule has 0 spiro atoms. The Morgan fingerprint density at radius 1 is 1.19 bits per heavy atom. The second-order valence-corrected chi connectivity index (χ2v) is 8.48. The van der Waals surface area contributed by atoms with Crippen molar-refractivity contribution in [3.8, 4) is 11.3 Å². The molecule has 7 heteroatoms. The molecule has 2 N–H and O–H groups in total. The van der Waals surface area contributed by atoms with E-state index in [2.05, 4.69) is 39.7 Å². The average Bonchev–Trinajstić information content (AvgIpc) is 3.45. The number of carbonyl (C=O) groups excluding carboxylic acids is 1. The van der Waals surface area contributed by atoms with Crippen LogP contribution in [0.3, 0.4) is 0 Å². The fraction of sp³-hybridized carbons (Fsp3) is 0.320. The number of aliphatic hydroxyl groups is 1. The zero-order chi connectivity index (χ0) is 22.1. The summed E-state index contributed by atoms with van der Waals surface area (Å²) in [5, 5.41) is 17.6. The van der Waals surface area contributed by atoms with Crippen LogP contribution in [0, 0.1) is 0 Å². The number of carbonyl (C=O) groups is 1. The van der Waals surface area contributed by atoms with Gasteiger partial charge < -0.3 is 14.8 Å². The Morgan fingerprint density at radius 3 is 2.75 bits per heavy atom. The number of pyridine rings is 1. The molecule has 2 atom stereocenters. The van der Waals surface area contributed by atoms with Crippen LogP contribution in [0.15, 0.2) is 59.3 Å². The molecule has 5 rings (SSSR count). The number of benzene rings is 1. The van der Waals surface area contributed by atoms with Crippen LogP contribution >= 0.6 is 0 Å². The van der Waals surface area contributed by atoms with E-state index in [-0.39, 0.29) is 11.9 Å². The first-order valence-corrected chi connectivity index (χ1v) is 11.0. The number of nitrogens with zero attached hydrogens (tertiary/aromatic N) is 3. The zero-order valence-corrected chi connectivity index (χ0v) is 18.0. The summed E-state index contributed by atoms with van der Waals surface area (Å²) in [6.07, 6.45) is 7.15. The fourth-order valence-electron chi connectivity index (χ4n) is 4.38. The lowest BCUT2D eigenvalue weighted by atomic mass is 9.92. The first kappa shape index (κ1) is 20.5. The van der Waals surface area contributed by atoms with Crippen molar-refractivity contribution in [1.29, 1.82) is 0 Å². The van der Waals surface area contributed by atoms with Crippen LogP contribution in [0.5, 0.6) is 0 Å². The van der Waals surface area contributed by atoms with Crippen LogP contribution < -0.4 is 5.32 Å². The predicted molar refractivity (Wildman–Crippen MR) is 121 cm³/mol. The van der Waals surface area contributed by atoms with Gasteiger partial charge in [0.25, 0.3) is 5.91 Å². The van der Waals surface area contributed by atoms with E-state index >= 15 is 0 Å². The molecule has 3 aromatic heterocycles. The SMILES string of the molecule is Cn1ccc(-c2ccc(Cc3cc(C(=O)N[C@H]4CCCC[C@@H]4O)nc4ccoc34)cc2)n1. The van der Waals surface area contributed by atoms with E-state index in [1.54, 1.807) is 23.1 Å². The number of amides is 1. The molecule has 1 amide bonds. The van der Waals surface area contributed by atoms with E-state index in [1.807, 2.05) is 19.3 Å². The molecule has 0 unspecified atom stereocenters. The van der Waals surface area contributed by atoms with E-state index in [0.717, 1.165) is 48.1 Å². The summed E-state index contributed by atoms with van der Waals surface area (Å²) in [5.74, 6) is -0.259. The Morgan fingerprint density at radius 2 is 2.00 bits per heavy atom. The van der Waals surface area contributed by atoms with Gasteiger partial charge in [0, 0.05) is 36.9 Å². The van der Waals surface area contributed by atoms with Gasteiger partial charge in [0.2, 0.25) is 0 Å². The van der Waals surface area contributed by atoms with Crippen molar-refractivity contribution in [2.75, 3.05) is 0 Å². The molecule has 32 heavy (non-hydrogen) atoms. The normalized spacial score (nSPS) is 18.7. The summed E-state index contributed by atoms with van der Waals surface area (Å²) in [4.78, 5) is 17.4. The molecule has 0 bridgehead atoms. The van der Waals surface area contributed by atoms with Crippen LogP contribution in [0.1, 0.15) is 47.3 Å². The minimum atomic E-state index is -0.498. The van der Waals surface area contributed by atoms with Crippen LogP contribution in [-0.4, -0.2) is 37.9 Å². The molecule has 0 radical (unpaired) electrons. The van der Waals surface area contributed by atoms with Crippen molar-refractivity contribution in [2.24, 2.45) is 7.05 Å². The topological polar surface area (TPSA) is 93.2 Å². The molecular formula is C25H26N4O3. The number of hydrogen-bond donors (Lipinski definition) is 2. The molecule has 3 heterocycles. The number of rotatable bonds is 5. The number of nitrogens with one attached hydrogen (secondary N) is 1. The highest BCUT2D eigenvalue weighted by Gasteiger charge is 2.26. The second kappa shape index (κ2) is 8.59. The van der Waals surface area contributed by atoms with E-state index in [0.29, 0.717) is 23.2 Å². The molecule has 7 nitrogen and oxygen atoms in total. The van der Waals surface area contributed by atoms with Gasteiger partial charge in [-0.05, 0) is 30.5 Å². The van der Waals surface area contributed by atoms with Gasteiger partial charge in [-0.1, -0.05) is 37.1 Å². The Balaban J connectivity index is 1.39. The number of aromatic nitrogens is 3. The van der Waals surface area contributed by atoms with Crippen LogP contribution in [0.4, 0.5) is 0 Å². The minimum absolute atomic E-state index is 0.222. The number of hydrogen-bond acceptors (Lipinski definition) is 5. The lowest BCUT2D eigenvalue weighted by molar-refractivity contribution is 0.0714. The number of furan rings is 1. The highest BCUT2D eigenvalue weighted by atomic mass is 16.3. The zero-order valence-electron chi connectivity index (χ0n) is 18.0. The van der Waals surface area contributed by atoms with E-state index in [9.17, 15) is 9.90 Å². The summed E-state index contributed by atoms with van der Waals surface area (Å²) in [6.45, 7) is 0. The van der Waals surface area contributed by atoms with E-state index in [1.165, 1.54) is 0 Å². The fourth-order valence-corrected chi connectivity index (χ4v) is 4.38. The van der Waals surface area contributed by atoms with Gasteiger partial charge >= 0.3 is 0 Å². The molecule has 1 aliphatic rings. The maximum absolute atomic E-state index is 12.9. The Labute approximate surface area is 186 Å². The van der Waals surface area contributed by atoms with Crippen molar-refractivity contribution < 1.29 is 14.3 Å². The molecule has 164 valence electrons. The minimum Gasteiger partial charge on any atom is -0.462 e. The number of aryl methyl sites for hydroxylation is 1. The summed E-state index contributed by atoms with van der Waals surface area (Å²) in [7, 11) is 1.90. The summed E-state index contributed by atoms with van der Waals surface area (Å²) >= 11 is 0. The molecule has 0 aliphatic heterocycles. The molecule has 1 aromatic carbocycles. The number of aliphatic hydroxyl groups excluding tert-OH is 1. The summed E-state index contributed by atoms with van der Waals surface area (Å²) in [6, 6.07) is 13.6. The smallest absolute Gasteiger partial charge is 0.270 e. The van der Waals surface area contributed by atoms with E-state index in [4.69, 9.17) is 4.42 Å². The van der Waals surface area contributed by atoms with Gasteiger partial charge in [-0.15, -0.1) is 0 Å². The van der Waals surface area contributed by atoms with Crippen LogP contribution in [0.2, 0.25) is 0 Å². The molecule has 4 aromatic rings. The van der Waals surface area contributed by atoms with Crippen molar-refractivity contribution >= 4 is 17.0 Å². The summed E-state index contributed by atoms with van der Waals surface area (Å²) in [5.41, 5.74) is 5.67.